The van der Waals surface area contributed by atoms with Gasteiger partial charge in [-0.15, -0.1) is 5.10 Å². The van der Waals surface area contributed by atoms with Crippen LogP contribution in [0.25, 0.3) is 17.1 Å². The smallest absolute Gasteiger partial charge is 0.295 e. The summed E-state index contributed by atoms with van der Waals surface area (Å²) in [7, 11) is 0. The highest BCUT2D eigenvalue weighted by Gasteiger charge is 2.20. The summed E-state index contributed by atoms with van der Waals surface area (Å²) < 4.78 is 15.9. The van der Waals surface area contributed by atoms with Gasteiger partial charge in [-0.25, -0.2) is 14.1 Å². The lowest BCUT2D eigenvalue weighted by atomic mass is 10.1. The molecule has 1 heterocycles. The zero-order valence-electron chi connectivity index (χ0n) is 16.4. The molecule has 0 aliphatic carbocycles. The first kappa shape index (κ1) is 20.0. The van der Waals surface area contributed by atoms with Gasteiger partial charge in [-0.05, 0) is 73.5 Å². The molecule has 4 aromatic rings. The van der Waals surface area contributed by atoms with E-state index in [-0.39, 0.29) is 11.6 Å². The molecule has 0 saturated carbocycles. The second-order valence-electron chi connectivity index (χ2n) is 6.86. The van der Waals surface area contributed by atoms with Crippen molar-refractivity contribution in [1.29, 1.82) is 0 Å². The highest BCUT2D eigenvalue weighted by molar-refractivity contribution is 9.10. The fraction of sp³-hybridized carbons (Fsp3) is 0.0870. The van der Waals surface area contributed by atoms with Crippen LogP contribution in [0.1, 0.15) is 21.7 Å². The number of nitrogens with one attached hydrogen (secondary N) is 1. The minimum Gasteiger partial charge on any atom is -0.319 e. The zero-order chi connectivity index (χ0) is 21.3. The molecule has 0 bridgehead atoms. The van der Waals surface area contributed by atoms with Gasteiger partial charge >= 0.3 is 0 Å². The van der Waals surface area contributed by atoms with E-state index in [1.54, 1.807) is 28.9 Å². The van der Waals surface area contributed by atoms with Gasteiger partial charge in [0.05, 0.1) is 5.69 Å². The third-order valence-electron chi connectivity index (χ3n) is 4.80. The molecule has 0 saturated heterocycles. The number of halogens is 2. The molecule has 0 radical (unpaired) electrons. The van der Waals surface area contributed by atoms with E-state index >= 15 is 0 Å². The van der Waals surface area contributed by atoms with E-state index in [0.29, 0.717) is 17.1 Å². The van der Waals surface area contributed by atoms with Crippen molar-refractivity contribution < 1.29 is 9.18 Å². The van der Waals surface area contributed by atoms with Crippen LogP contribution in [0.5, 0.6) is 0 Å². The minimum atomic E-state index is -0.430. The number of carbonyl (C=O) groups is 1. The molecule has 0 spiro atoms. The largest absolute Gasteiger partial charge is 0.319 e. The van der Waals surface area contributed by atoms with Gasteiger partial charge in [0.25, 0.3) is 5.91 Å². The third kappa shape index (κ3) is 4.02. The van der Waals surface area contributed by atoms with Crippen LogP contribution in [-0.4, -0.2) is 20.7 Å². The van der Waals surface area contributed by atoms with Gasteiger partial charge in [-0.1, -0.05) is 34.1 Å². The third-order valence-corrected chi connectivity index (χ3v) is 5.29. The molecular formula is C23H18BrFN4O. The van der Waals surface area contributed by atoms with Crippen molar-refractivity contribution >= 4 is 27.5 Å². The maximum absolute atomic E-state index is 13.4. The summed E-state index contributed by atoms with van der Waals surface area (Å²) in [5.41, 5.74) is 4.20. The Morgan fingerprint density at radius 3 is 2.50 bits per heavy atom. The molecular weight excluding hydrogens is 447 g/mol. The van der Waals surface area contributed by atoms with Crippen LogP contribution in [0.15, 0.2) is 71.2 Å². The van der Waals surface area contributed by atoms with E-state index in [9.17, 15) is 9.18 Å². The standard InChI is InChI=1S/C23H18BrFN4O/c1-14-5-3-8-20(15(14)2)29-22(16-9-11-18(25)12-10-16)27-21(28-29)23(30)26-19-7-4-6-17(24)13-19/h3-13H,1-2H3,(H,26,30). The lowest BCUT2D eigenvalue weighted by molar-refractivity contribution is 0.101. The molecule has 3 aromatic carbocycles. The van der Waals surface area contributed by atoms with E-state index in [0.717, 1.165) is 21.3 Å². The Hall–Kier alpha value is -3.32. The summed E-state index contributed by atoms with van der Waals surface area (Å²) in [6, 6.07) is 19.1. The van der Waals surface area contributed by atoms with Gasteiger partial charge in [-0.3, -0.25) is 4.79 Å². The van der Waals surface area contributed by atoms with Gasteiger partial charge in [-0.2, -0.15) is 0 Å². The molecule has 4 rings (SSSR count). The average molecular weight is 465 g/mol. The molecule has 0 aliphatic rings. The molecule has 7 heteroatoms. The van der Waals surface area contributed by atoms with E-state index in [4.69, 9.17) is 0 Å². The van der Waals surface area contributed by atoms with Crippen LogP contribution >= 0.6 is 15.9 Å². The van der Waals surface area contributed by atoms with Crippen molar-refractivity contribution in [1.82, 2.24) is 14.8 Å². The van der Waals surface area contributed by atoms with Gasteiger partial charge in [0.2, 0.25) is 5.82 Å². The first-order valence-electron chi connectivity index (χ1n) is 9.29. The summed E-state index contributed by atoms with van der Waals surface area (Å²) in [4.78, 5) is 17.3. The topological polar surface area (TPSA) is 59.8 Å². The van der Waals surface area contributed by atoms with Crippen LogP contribution in [0.3, 0.4) is 0 Å². The van der Waals surface area contributed by atoms with Crippen LogP contribution in [-0.2, 0) is 0 Å². The molecule has 1 amide bonds. The van der Waals surface area contributed by atoms with Gasteiger partial charge in [0, 0.05) is 15.7 Å². The second-order valence-corrected chi connectivity index (χ2v) is 7.78. The number of nitrogens with zero attached hydrogens (tertiary/aromatic N) is 3. The van der Waals surface area contributed by atoms with Gasteiger partial charge < -0.3 is 5.32 Å². The number of amides is 1. The molecule has 0 unspecified atom stereocenters. The first-order chi connectivity index (χ1) is 14.4. The lowest BCUT2D eigenvalue weighted by Gasteiger charge is -2.11. The Labute approximate surface area is 181 Å². The molecule has 0 aliphatic heterocycles. The Balaban J connectivity index is 1.80. The average Bonchev–Trinajstić information content (AvgIpc) is 3.16. The number of hydrogen-bond donors (Lipinski definition) is 1. The van der Waals surface area contributed by atoms with Crippen LogP contribution in [0.4, 0.5) is 10.1 Å². The number of benzene rings is 3. The Bertz CT molecular complexity index is 1230. The number of anilines is 1. The Morgan fingerprint density at radius 2 is 1.77 bits per heavy atom. The first-order valence-corrected chi connectivity index (χ1v) is 10.1. The molecule has 150 valence electrons. The maximum Gasteiger partial charge on any atom is 0.295 e. The fourth-order valence-electron chi connectivity index (χ4n) is 3.08. The van der Waals surface area contributed by atoms with Crippen molar-refractivity contribution in [3.8, 4) is 17.1 Å². The predicted octanol–water partition coefficient (Wildman–Crippen LogP) is 5.71. The van der Waals surface area contributed by atoms with Crippen LogP contribution in [0.2, 0.25) is 0 Å². The predicted molar refractivity (Wildman–Crippen MR) is 118 cm³/mol. The monoisotopic (exact) mass is 464 g/mol. The zero-order valence-corrected chi connectivity index (χ0v) is 17.9. The molecule has 5 nitrogen and oxygen atoms in total. The van der Waals surface area contributed by atoms with Gasteiger partial charge in [0.15, 0.2) is 5.82 Å². The summed E-state index contributed by atoms with van der Waals surface area (Å²) in [5, 5.41) is 7.30. The summed E-state index contributed by atoms with van der Waals surface area (Å²) in [6.07, 6.45) is 0. The van der Waals surface area contributed by atoms with Crippen LogP contribution in [0, 0.1) is 19.7 Å². The highest BCUT2D eigenvalue weighted by atomic mass is 79.9. The quantitative estimate of drug-likeness (QED) is 0.420. The number of aryl methyl sites for hydroxylation is 1. The number of aromatic nitrogens is 3. The molecule has 30 heavy (non-hydrogen) atoms. The molecule has 0 atom stereocenters. The van der Waals surface area contributed by atoms with Crippen molar-refractivity contribution in [2.45, 2.75) is 13.8 Å². The van der Waals surface area contributed by atoms with E-state index in [2.05, 4.69) is 31.3 Å². The molecule has 1 aromatic heterocycles. The Kier molecular flexibility index (Phi) is 5.46. The Morgan fingerprint density at radius 1 is 1.03 bits per heavy atom. The second kappa shape index (κ2) is 8.20. The van der Waals surface area contributed by atoms with Gasteiger partial charge in [0.1, 0.15) is 5.82 Å². The van der Waals surface area contributed by atoms with E-state index in [1.165, 1.54) is 12.1 Å². The maximum atomic E-state index is 13.4. The molecule has 1 N–H and O–H groups in total. The van der Waals surface area contributed by atoms with Crippen LogP contribution < -0.4 is 5.32 Å². The SMILES string of the molecule is Cc1cccc(-n2nc(C(=O)Nc3cccc(Br)c3)nc2-c2ccc(F)cc2)c1C. The summed E-state index contributed by atoms with van der Waals surface area (Å²) >= 11 is 3.39. The lowest BCUT2D eigenvalue weighted by Crippen LogP contribution is -2.14. The minimum absolute atomic E-state index is 0.0233. The normalized spacial score (nSPS) is 10.8. The van der Waals surface area contributed by atoms with Crippen molar-refractivity contribution in [2.75, 3.05) is 5.32 Å². The molecule has 0 fully saturated rings. The number of hydrogen-bond acceptors (Lipinski definition) is 3. The number of carbonyl (C=O) groups excluding carboxylic acids is 1. The van der Waals surface area contributed by atoms with Crippen molar-refractivity contribution in [2.24, 2.45) is 0 Å². The van der Waals surface area contributed by atoms with E-state index in [1.807, 2.05) is 44.2 Å². The number of rotatable bonds is 4. The van der Waals surface area contributed by atoms with Crippen molar-refractivity contribution in [3.05, 3.63) is 94.0 Å². The highest BCUT2D eigenvalue weighted by Crippen LogP contribution is 2.25. The fourth-order valence-corrected chi connectivity index (χ4v) is 3.48. The summed E-state index contributed by atoms with van der Waals surface area (Å²) in [6.45, 7) is 4.00. The summed E-state index contributed by atoms with van der Waals surface area (Å²) in [5.74, 6) is -0.289. The van der Waals surface area contributed by atoms with Crippen molar-refractivity contribution in [3.63, 3.8) is 0 Å². The van der Waals surface area contributed by atoms with E-state index < -0.39 is 5.91 Å².